The molecule has 1 aromatic rings. The average Bonchev–Trinajstić information content (AvgIpc) is 3.23. The minimum Gasteiger partial charge on any atom is -0.493 e. The molecule has 1 saturated carbocycles. The first-order valence-corrected chi connectivity index (χ1v) is 9.70. The van der Waals surface area contributed by atoms with Gasteiger partial charge >= 0.3 is 5.97 Å². The average molecular weight is 389 g/mol. The maximum atomic E-state index is 12.5. The largest absolute Gasteiger partial charge is 0.493 e. The maximum absolute atomic E-state index is 12.5. The van der Waals surface area contributed by atoms with Gasteiger partial charge in [0.2, 0.25) is 5.91 Å². The molecule has 7 heteroatoms. The topological polar surface area (TPSA) is 93.1 Å². The molecule has 2 atom stereocenters. The molecule has 1 amide bonds. The number of carboxylic acid groups (broad SMARTS) is 1. The van der Waals surface area contributed by atoms with E-state index in [-0.39, 0.29) is 17.6 Å². The lowest BCUT2D eigenvalue weighted by Gasteiger charge is -2.23. The first kappa shape index (κ1) is 20.2. The summed E-state index contributed by atoms with van der Waals surface area (Å²) in [5, 5.41) is 9.63. The van der Waals surface area contributed by atoms with Gasteiger partial charge in [0, 0.05) is 25.1 Å². The van der Waals surface area contributed by atoms with Crippen molar-refractivity contribution < 1.29 is 29.0 Å². The number of Topliss-reactive ketones (excluding diaryl/α,β-unsaturated/α-hetero) is 1. The molecule has 1 aliphatic heterocycles. The fraction of sp³-hybridized carbons (Fsp3) is 0.571. The summed E-state index contributed by atoms with van der Waals surface area (Å²) >= 11 is 0. The van der Waals surface area contributed by atoms with Crippen molar-refractivity contribution in [2.45, 2.75) is 39.0 Å². The molecule has 1 saturated heterocycles. The third-order valence-corrected chi connectivity index (χ3v) is 6.01. The third kappa shape index (κ3) is 3.84. The summed E-state index contributed by atoms with van der Waals surface area (Å²) in [5.74, 6) is 0.252. The van der Waals surface area contributed by atoms with Crippen molar-refractivity contribution in [3.8, 4) is 11.5 Å². The van der Waals surface area contributed by atoms with Gasteiger partial charge in [0.1, 0.15) is 0 Å². The Morgan fingerprint density at radius 1 is 1.29 bits per heavy atom. The van der Waals surface area contributed by atoms with Gasteiger partial charge in [-0.05, 0) is 50.3 Å². The summed E-state index contributed by atoms with van der Waals surface area (Å²) in [7, 11) is 1.51. The molecule has 1 aliphatic carbocycles. The molecule has 0 aromatic heterocycles. The number of amides is 1. The molecule has 2 fully saturated rings. The number of carbonyl (C=O) groups excluding carboxylic acids is 2. The molecule has 0 bridgehead atoms. The summed E-state index contributed by atoms with van der Waals surface area (Å²) in [6.07, 6.45) is 3.32. The SMILES string of the molecule is COc1cc(C(C)=O)ccc1OCCCC(=O)N1C[C@@H]2CCC[C@@]2(C(=O)O)C1. The molecular weight excluding hydrogens is 362 g/mol. The quantitative estimate of drug-likeness (QED) is 0.543. The van der Waals surface area contributed by atoms with E-state index in [9.17, 15) is 19.5 Å². The van der Waals surface area contributed by atoms with Crippen LogP contribution in [0.4, 0.5) is 0 Å². The number of hydrogen-bond acceptors (Lipinski definition) is 5. The zero-order chi connectivity index (χ0) is 20.3. The lowest BCUT2D eigenvalue weighted by Crippen LogP contribution is -2.37. The van der Waals surface area contributed by atoms with Gasteiger partial charge in [-0.2, -0.15) is 0 Å². The van der Waals surface area contributed by atoms with Gasteiger partial charge < -0.3 is 19.5 Å². The van der Waals surface area contributed by atoms with Crippen LogP contribution in [0.5, 0.6) is 11.5 Å². The van der Waals surface area contributed by atoms with Crippen LogP contribution in [0.2, 0.25) is 0 Å². The Bertz CT molecular complexity index is 776. The number of aliphatic carboxylic acids is 1. The second-order valence-electron chi connectivity index (χ2n) is 7.70. The van der Waals surface area contributed by atoms with Crippen LogP contribution < -0.4 is 9.47 Å². The van der Waals surface area contributed by atoms with E-state index in [2.05, 4.69) is 0 Å². The van der Waals surface area contributed by atoms with Crippen molar-refractivity contribution in [2.75, 3.05) is 26.8 Å². The first-order chi connectivity index (χ1) is 13.4. The van der Waals surface area contributed by atoms with Crippen LogP contribution in [-0.2, 0) is 9.59 Å². The number of nitrogens with zero attached hydrogens (tertiary/aromatic N) is 1. The fourth-order valence-corrected chi connectivity index (χ4v) is 4.40. The van der Waals surface area contributed by atoms with Gasteiger partial charge in [-0.15, -0.1) is 0 Å². The molecule has 3 rings (SSSR count). The van der Waals surface area contributed by atoms with Gasteiger partial charge in [0.15, 0.2) is 17.3 Å². The smallest absolute Gasteiger partial charge is 0.311 e. The minimum absolute atomic E-state index is 0.0162. The highest BCUT2D eigenvalue weighted by Crippen LogP contribution is 2.49. The van der Waals surface area contributed by atoms with Crippen LogP contribution in [-0.4, -0.2) is 54.5 Å². The summed E-state index contributed by atoms with van der Waals surface area (Å²) < 4.78 is 11.0. The predicted octanol–water partition coefficient (Wildman–Crippen LogP) is 2.77. The lowest BCUT2D eigenvalue weighted by molar-refractivity contribution is -0.149. The van der Waals surface area contributed by atoms with Crippen molar-refractivity contribution >= 4 is 17.7 Å². The molecule has 1 N–H and O–H groups in total. The van der Waals surface area contributed by atoms with Crippen LogP contribution in [0.15, 0.2) is 18.2 Å². The molecular formula is C21H27NO6. The Kier molecular flexibility index (Phi) is 5.91. The van der Waals surface area contributed by atoms with Gasteiger partial charge in [0.25, 0.3) is 0 Å². The Morgan fingerprint density at radius 3 is 2.71 bits per heavy atom. The molecule has 0 spiro atoms. The molecule has 1 aromatic carbocycles. The van der Waals surface area contributed by atoms with E-state index in [1.165, 1.54) is 14.0 Å². The van der Waals surface area contributed by atoms with Gasteiger partial charge in [0.05, 0.1) is 19.1 Å². The van der Waals surface area contributed by atoms with Crippen molar-refractivity contribution in [3.05, 3.63) is 23.8 Å². The minimum atomic E-state index is -0.769. The Labute approximate surface area is 164 Å². The van der Waals surface area contributed by atoms with E-state index in [1.807, 2.05) is 0 Å². The molecule has 1 heterocycles. The number of benzene rings is 1. The van der Waals surface area contributed by atoms with Crippen molar-refractivity contribution in [1.29, 1.82) is 0 Å². The molecule has 7 nitrogen and oxygen atoms in total. The number of hydrogen-bond donors (Lipinski definition) is 1. The second kappa shape index (κ2) is 8.20. The number of methoxy groups -OCH3 is 1. The fourth-order valence-electron chi connectivity index (χ4n) is 4.40. The monoisotopic (exact) mass is 389 g/mol. The predicted molar refractivity (Wildman–Crippen MR) is 102 cm³/mol. The Balaban J connectivity index is 1.49. The van der Waals surface area contributed by atoms with E-state index in [4.69, 9.17) is 9.47 Å². The molecule has 2 aliphatic rings. The summed E-state index contributed by atoms with van der Waals surface area (Å²) in [5.41, 5.74) is -0.191. The second-order valence-corrected chi connectivity index (χ2v) is 7.70. The van der Waals surface area contributed by atoms with Crippen molar-refractivity contribution in [2.24, 2.45) is 11.3 Å². The normalized spacial score (nSPS) is 23.4. The van der Waals surface area contributed by atoms with Crippen LogP contribution in [0.1, 0.15) is 49.4 Å². The Hall–Kier alpha value is -2.57. The molecule has 28 heavy (non-hydrogen) atoms. The molecule has 152 valence electrons. The number of fused-ring (bicyclic) bond motifs is 1. The van der Waals surface area contributed by atoms with E-state index in [0.717, 1.165) is 12.8 Å². The van der Waals surface area contributed by atoms with Gasteiger partial charge in [-0.25, -0.2) is 0 Å². The highest BCUT2D eigenvalue weighted by atomic mass is 16.5. The zero-order valence-corrected chi connectivity index (χ0v) is 16.4. The summed E-state index contributed by atoms with van der Waals surface area (Å²) in [4.78, 5) is 37.4. The summed E-state index contributed by atoms with van der Waals surface area (Å²) in [6.45, 7) is 2.70. The maximum Gasteiger partial charge on any atom is 0.311 e. The molecule has 0 radical (unpaired) electrons. The highest BCUT2D eigenvalue weighted by molar-refractivity contribution is 5.94. The van der Waals surface area contributed by atoms with Gasteiger partial charge in [-0.3, -0.25) is 14.4 Å². The number of ketones is 1. The Morgan fingerprint density at radius 2 is 2.07 bits per heavy atom. The lowest BCUT2D eigenvalue weighted by atomic mass is 9.81. The van der Waals surface area contributed by atoms with E-state index >= 15 is 0 Å². The van der Waals surface area contributed by atoms with E-state index in [0.29, 0.717) is 56.0 Å². The number of carboxylic acids is 1. The van der Waals surface area contributed by atoms with E-state index in [1.54, 1.807) is 23.1 Å². The standard InChI is InChI=1S/C21H27NO6/c1-14(23)15-7-8-17(18(11-15)27-2)28-10-4-6-19(24)22-12-16-5-3-9-21(16,13-22)20(25)26/h7-8,11,16H,3-6,9-10,12-13H2,1-2H3,(H,25,26)/t16-,21+/m0/s1. The van der Waals surface area contributed by atoms with E-state index < -0.39 is 11.4 Å². The highest BCUT2D eigenvalue weighted by Gasteiger charge is 2.55. The van der Waals surface area contributed by atoms with Crippen LogP contribution >= 0.6 is 0 Å². The number of rotatable bonds is 8. The van der Waals surface area contributed by atoms with Gasteiger partial charge in [-0.1, -0.05) is 6.42 Å². The summed E-state index contributed by atoms with van der Waals surface area (Å²) in [6, 6.07) is 5.01. The zero-order valence-electron chi connectivity index (χ0n) is 16.4. The number of ether oxygens (including phenoxy) is 2. The van der Waals surface area contributed by atoms with Crippen LogP contribution in [0.25, 0.3) is 0 Å². The number of likely N-dealkylation sites (tertiary alicyclic amines) is 1. The number of carbonyl (C=O) groups is 3. The van der Waals surface area contributed by atoms with Crippen molar-refractivity contribution in [1.82, 2.24) is 4.90 Å². The van der Waals surface area contributed by atoms with Crippen LogP contribution in [0, 0.1) is 11.3 Å². The molecule has 0 unspecified atom stereocenters. The van der Waals surface area contributed by atoms with Crippen molar-refractivity contribution in [3.63, 3.8) is 0 Å². The first-order valence-electron chi connectivity index (χ1n) is 9.70. The van der Waals surface area contributed by atoms with Crippen LogP contribution in [0.3, 0.4) is 0 Å². The third-order valence-electron chi connectivity index (χ3n) is 6.01.